The van der Waals surface area contributed by atoms with Crippen LogP contribution in [0.5, 0.6) is 0 Å². The summed E-state index contributed by atoms with van der Waals surface area (Å²) in [5.74, 6) is -0.396. The summed E-state index contributed by atoms with van der Waals surface area (Å²) < 4.78 is 13.2. The summed E-state index contributed by atoms with van der Waals surface area (Å²) in [7, 11) is 1.88. The molecule has 2 rings (SSSR count). The highest BCUT2D eigenvalue weighted by Gasteiger charge is 2.27. The summed E-state index contributed by atoms with van der Waals surface area (Å²) in [5.41, 5.74) is 1.65. The van der Waals surface area contributed by atoms with Gasteiger partial charge in [0.1, 0.15) is 5.82 Å². The molecule has 2 aromatic carbocycles. The molecule has 0 unspecified atom stereocenters. The fraction of sp³-hybridized carbons (Fsp3) is 0.200. The van der Waals surface area contributed by atoms with Gasteiger partial charge in [0.2, 0.25) is 0 Å². The average Bonchev–Trinajstić information content (AvgIpc) is 2.42. The molecule has 2 aromatic rings. The fourth-order valence-corrected chi connectivity index (χ4v) is 2.21. The number of rotatable bonds is 3. The zero-order valence-corrected chi connectivity index (χ0v) is 11.1. The van der Waals surface area contributed by atoms with E-state index in [4.69, 9.17) is 11.6 Å². The molecule has 1 atom stereocenters. The number of nitrogens with one attached hydrogen (secondary N) is 1. The van der Waals surface area contributed by atoms with Gasteiger partial charge in [-0.25, -0.2) is 4.39 Å². The van der Waals surface area contributed by atoms with Crippen LogP contribution in [-0.4, -0.2) is 7.05 Å². The van der Waals surface area contributed by atoms with E-state index in [1.807, 2.05) is 44.3 Å². The molecule has 0 aliphatic heterocycles. The molecule has 0 aliphatic rings. The largest absolute Gasteiger partial charge is 0.307 e. The molecule has 0 saturated carbocycles. The van der Waals surface area contributed by atoms with E-state index >= 15 is 0 Å². The first kappa shape index (κ1) is 13.1. The Morgan fingerprint density at radius 1 is 1.06 bits per heavy atom. The van der Waals surface area contributed by atoms with Gasteiger partial charge in [-0.15, -0.1) is 0 Å². The van der Waals surface area contributed by atoms with Crippen LogP contribution >= 0.6 is 11.6 Å². The Morgan fingerprint density at radius 2 is 1.72 bits per heavy atom. The zero-order valence-electron chi connectivity index (χ0n) is 10.4. The Labute approximate surface area is 112 Å². The Kier molecular flexibility index (Phi) is 3.69. The molecule has 3 heteroatoms. The van der Waals surface area contributed by atoms with Crippen LogP contribution in [0.1, 0.15) is 18.1 Å². The van der Waals surface area contributed by atoms with Gasteiger partial charge >= 0.3 is 0 Å². The van der Waals surface area contributed by atoms with Crippen molar-refractivity contribution in [2.45, 2.75) is 12.5 Å². The maximum atomic E-state index is 13.2. The Balaban J connectivity index is 2.53. The first-order valence-electron chi connectivity index (χ1n) is 5.78. The first-order valence-corrected chi connectivity index (χ1v) is 6.15. The van der Waals surface area contributed by atoms with Crippen molar-refractivity contribution < 1.29 is 4.39 Å². The third-order valence-corrected chi connectivity index (χ3v) is 3.64. The van der Waals surface area contributed by atoms with Crippen LogP contribution in [0.3, 0.4) is 0 Å². The Bertz CT molecular complexity index is 541. The molecule has 1 nitrogen and oxygen atoms in total. The van der Waals surface area contributed by atoms with Gasteiger partial charge in [-0.3, -0.25) is 0 Å². The van der Waals surface area contributed by atoms with Gasteiger partial charge < -0.3 is 5.32 Å². The van der Waals surface area contributed by atoms with Gasteiger partial charge in [-0.1, -0.05) is 48.0 Å². The molecule has 1 N–H and O–H groups in total. The zero-order chi connectivity index (χ0) is 13.2. The number of benzene rings is 2. The maximum absolute atomic E-state index is 13.2. The summed E-state index contributed by atoms with van der Waals surface area (Å²) >= 11 is 5.86. The second kappa shape index (κ2) is 5.09. The van der Waals surface area contributed by atoms with Gasteiger partial charge in [-0.2, -0.15) is 0 Å². The summed E-state index contributed by atoms with van der Waals surface area (Å²) in [6, 6.07) is 14.8. The van der Waals surface area contributed by atoms with Crippen LogP contribution in [0.2, 0.25) is 5.02 Å². The highest BCUT2D eigenvalue weighted by atomic mass is 35.5. The number of hydrogen-bond donors (Lipinski definition) is 1. The van der Waals surface area contributed by atoms with Gasteiger partial charge in [0.05, 0.1) is 10.6 Å². The molecule has 0 aliphatic carbocycles. The van der Waals surface area contributed by atoms with Crippen molar-refractivity contribution in [3.8, 4) is 0 Å². The SMILES string of the molecule is CN[C@](C)(c1ccccc1)c1ccc(F)c(Cl)c1. The lowest BCUT2D eigenvalue weighted by molar-refractivity contribution is 0.483. The molecule has 0 aromatic heterocycles. The van der Waals surface area contributed by atoms with Crippen LogP contribution in [0.4, 0.5) is 4.39 Å². The minimum atomic E-state index is -0.396. The van der Waals surface area contributed by atoms with E-state index in [1.165, 1.54) is 6.07 Å². The molecule has 0 amide bonds. The summed E-state index contributed by atoms with van der Waals surface area (Å²) in [6.45, 7) is 2.05. The van der Waals surface area contributed by atoms with Crippen LogP contribution in [0.25, 0.3) is 0 Å². The highest BCUT2D eigenvalue weighted by molar-refractivity contribution is 6.30. The maximum Gasteiger partial charge on any atom is 0.141 e. The molecule has 18 heavy (non-hydrogen) atoms. The first-order chi connectivity index (χ1) is 8.58. The van der Waals surface area contributed by atoms with Crippen LogP contribution in [0.15, 0.2) is 48.5 Å². The highest BCUT2D eigenvalue weighted by Crippen LogP contribution is 2.31. The molecule has 0 bridgehead atoms. The van der Waals surface area contributed by atoms with E-state index in [1.54, 1.807) is 12.1 Å². The molecule has 0 saturated heterocycles. The van der Waals surface area contributed by atoms with Gasteiger partial charge in [0.25, 0.3) is 0 Å². The Morgan fingerprint density at radius 3 is 2.28 bits per heavy atom. The monoisotopic (exact) mass is 263 g/mol. The molecule has 94 valence electrons. The van der Waals surface area contributed by atoms with Crippen molar-refractivity contribution in [2.75, 3.05) is 7.05 Å². The minimum Gasteiger partial charge on any atom is -0.307 e. The molecule has 0 heterocycles. The summed E-state index contributed by atoms with van der Waals surface area (Å²) in [4.78, 5) is 0. The lowest BCUT2D eigenvalue weighted by Crippen LogP contribution is -2.37. The third kappa shape index (κ3) is 2.26. The molecular weight excluding hydrogens is 249 g/mol. The van der Waals surface area contributed by atoms with Gasteiger partial charge in [0.15, 0.2) is 0 Å². The molecule has 0 spiro atoms. The van der Waals surface area contributed by atoms with Crippen molar-refractivity contribution in [3.63, 3.8) is 0 Å². The minimum absolute atomic E-state index is 0.143. The summed E-state index contributed by atoms with van der Waals surface area (Å²) in [6.07, 6.45) is 0. The average molecular weight is 264 g/mol. The van der Waals surface area contributed by atoms with Gasteiger partial charge in [0, 0.05) is 0 Å². The van der Waals surface area contributed by atoms with Crippen LogP contribution < -0.4 is 5.32 Å². The van der Waals surface area contributed by atoms with Crippen molar-refractivity contribution in [2.24, 2.45) is 0 Å². The van der Waals surface area contributed by atoms with Crippen LogP contribution in [-0.2, 0) is 5.54 Å². The third-order valence-electron chi connectivity index (χ3n) is 3.35. The van der Waals surface area contributed by atoms with E-state index in [9.17, 15) is 4.39 Å². The topological polar surface area (TPSA) is 12.0 Å². The second-order valence-electron chi connectivity index (χ2n) is 4.37. The fourth-order valence-electron chi connectivity index (χ4n) is 2.03. The molecular formula is C15H15ClFN. The van der Waals surface area contributed by atoms with Crippen LogP contribution in [0, 0.1) is 5.82 Å². The Hall–Kier alpha value is -1.38. The number of halogens is 2. The lowest BCUT2D eigenvalue weighted by atomic mass is 9.85. The quantitative estimate of drug-likeness (QED) is 0.884. The van der Waals surface area contributed by atoms with E-state index in [-0.39, 0.29) is 5.02 Å². The van der Waals surface area contributed by atoms with E-state index in [0.717, 1.165) is 11.1 Å². The molecule has 0 radical (unpaired) electrons. The van der Waals surface area contributed by atoms with Crippen molar-refractivity contribution in [3.05, 3.63) is 70.5 Å². The van der Waals surface area contributed by atoms with E-state index in [0.29, 0.717) is 0 Å². The lowest BCUT2D eigenvalue weighted by Gasteiger charge is -2.30. The van der Waals surface area contributed by atoms with E-state index < -0.39 is 11.4 Å². The predicted molar refractivity (Wildman–Crippen MR) is 73.4 cm³/mol. The number of hydrogen-bond acceptors (Lipinski definition) is 1. The normalized spacial score (nSPS) is 14.2. The summed E-state index contributed by atoms with van der Waals surface area (Å²) in [5, 5.41) is 3.42. The van der Waals surface area contributed by atoms with Crippen molar-refractivity contribution in [1.29, 1.82) is 0 Å². The standard InChI is InChI=1S/C15H15ClFN/c1-15(18-2,11-6-4-3-5-7-11)12-8-9-14(17)13(16)10-12/h3-10,18H,1-2H3/t15-/m1/s1. The van der Waals surface area contributed by atoms with E-state index in [2.05, 4.69) is 5.32 Å². The predicted octanol–water partition coefficient (Wildman–Crippen LogP) is 3.96. The van der Waals surface area contributed by atoms with Crippen molar-refractivity contribution in [1.82, 2.24) is 5.32 Å². The van der Waals surface area contributed by atoms with Crippen molar-refractivity contribution >= 4 is 11.6 Å². The molecule has 0 fully saturated rings. The van der Waals surface area contributed by atoms with Gasteiger partial charge in [-0.05, 0) is 37.2 Å². The smallest absolute Gasteiger partial charge is 0.141 e. The second-order valence-corrected chi connectivity index (χ2v) is 4.78.